The molecule has 0 aliphatic carbocycles. The van der Waals surface area contributed by atoms with E-state index in [1.54, 1.807) is 0 Å². The number of anilines is 2. The van der Waals surface area contributed by atoms with Crippen LogP contribution < -0.4 is 38.3 Å². The fraction of sp³-hybridized carbons (Fsp3) is 0.167. The number of pyridine rings is 1. The van der Waals surface area contributed by atoms with Crippen LogP contribution in [0.4, 0.5) is 15.8 Å². The van der Waals surface area contributed by atoms with E-state index in [0.29, 0.717) is 0 Å². The Kier molecular flexibility index (Phi) is 8.67. The molecule has 4 rings (SSSR count). The minimum Gasteiger partial charge on any atom is -1.00 e. The molecule has 1 heterocycles. The Balaban J connectivity index is 0.00000342. The Morgan fingerprint density at radius 1 is 0.629 bits per heavy atom. The maximum atomic E-state index is 13.6. The summed E-state index contributed by atoms with van der Waals surface area (Å²) in [4.78, 5) is 4.18. The van der Waals surface area contributed by atoms with E-state index in [-0.39, 0.29) is 29.8 Å². The van der Waals surface area contributed by atoms with Gasteiger partial charge in [-0.05, 0) is 71.3 Å². The van der Waals surface area contributed by atoms with Crippen LogP contribution >= 0.6 is 0 Å². The zero-order chi connectivity index (χ0) is 24.2. The van der Waals surface area contributed by atoms with Crippen molar-refractivity contribution in [3.63, 3.8) is 0 Å². The van der Waals surface area contributed by atoms with Crippen LogP contribution in [-0.4, -0.2) is 28.2 Å². The van der Waals surface area contributed by atoms with Crippen molar-refractivity contribution in [3.05, 3.63) is 102 Å². The zero-order valence-corrected chi connectivity index (χ0v) is 23.0. The van der Waals surface area contributed by atoms with E-state index in [1.807, 2.05) is 47.4 Å². The van der Waals surface area contributed by atoms with Crippen LogP contribution in [0.1, 0.15) is 11.3 Å². The van der Waals surface area contributed by atoms with E-state index in [4.69, 9.17) is 0 Å². The van der Waals surface area contributed by atoms with Crippen LogP contribution in [0, 0.1) is 5.82 Å². The lowest BCUT2D eigenvalue weighted by Gasteiger charge is -2.13. The van der Waals surface area contributed by atoms with Crippen molar-refractivity contribution >= 4 is 23.5 Å². The fourth-order valence-corrected chi connectivity index (χ4v) is 3.92. The van der Waals surface area contributed by atoms with Gasteiger partial charge in [-0.3, -0.25) is 0 Å². The molecule has 0 spiro atoms. The molecule has 0 aliphatic rings. The van der Waals surface area contributed by atoms with Crippen molar-refractivity contribution in [1.82, 2.24) is 0 Å². The first-order valence-electron chi connectivity index (χ1n) is 11.3. The number of nitrogens with zero attached hydrogens (tertiary/aromatic N) is 3. The maximum absolute atomic E-state index is 13.6. The molecule has 0 saturated heterocycles. The number of aromatic nitrogens is 1. The fourth-order valence-electron chi connectivity index (χ4n) is 3.92. The summed E-state index contributed by atoms with van der Waals surface area (Å²) < 4.78 is 15.7. The standard InChI is InChI=1S/C30H31FN3.HI/c1-32(2)27-15-6-22(7-16-27)8-17-29-20-25(23-11-18-28(19-12-23)33(3)4)21-30(34(29)5)24-9-13-26(31)14-10-24;/h6-21H,1-5H3;1H/q+1;/p-1. The van der Waals surface area contributed by atoms with Gasteiger partial charge in [0, 0.05) is 63.3 Å². The Bertz CT molecular complexity index is 1290. The Hall–Kier alpha value is -3.19. The highest BCUT2D eigenvalue weighted by Gasteiger charge is 2.17. The molecule has 3 nitrogen and oxygen atoms in total. The summed E-state index contributed by atoms with van der Waals surface area (Å²) >= 11 is 0. The number of hydrogen-bond acceptors (Lipinski definition) is 2. The van der Waals surface area contributed by atoms with Crippen molar-refractivity contribution in [1.29, 1.82) is 0 Å². The van der Waals surface area contributed by atoms with Crippen molar-refractivity contribution in [2.45, 2.75) is 0 Å². The lowest BCUT2D eigenvalue weighted by molar-refractivity contribution is -0.662. The molecule has 0 amide bonds. The van der Waals surface area contributed by atoms with Gasteiger partial charge in [-0.15, -0.1) is 0 Å². The minimum atomic E-state index is -0.233. The summed E-state index contributed by atoms with van der Waals surface area (Å²) in [5, 5.41) is 0. The highest BCUT2D eigenvalue weighted by atomic mass is 127. The highest BCUT2D eigenvalue weighted by Crippen LogP contribution is 2.27. The molecule has 0 aliphatic heterocycles. The van der Waals surface area contributed by atoms with Gasteiger partial charge in [0.2, 0.25) is 11.4 Å². The van der Waals surface area contributed by atoms with Crippen molar-refractivity contribution in [2.75, 3.05) is 38.0 Å². The van der Waals surface area contributed by atoms with Crippen LogP contribution in [0.3, 0.4) is 0 Å². The molecule has 1 aromatic heterocycles. The van der Waals surface area contributed by atoms with E-state index >= 15 is 0 Å². The van der Waals surface area contributed by atoms with Gasteiger partial charge in [-0.2, -0.15) is 4.57 Å². The molecule has 0 fully saturated rings. The third-order valence-corrected chi connectivity index (χ3v) is 6.06. The first-order chi connectivity index (χ1) is 16.3. The molecule has 0 saturated carbocycles. The Morgan fingerprint density at radius 3 is 1.69 bits per heavy atom. The molecule has 35 heavy (non-hydrogen) atoms. The third-order valence-electron chi connectivity index (χ3n) is 6.06. The zero-order valence-electron chi connectivity index (χ0n) is 20.8. The van der Waals surface area contributed by atoms with Crippen LogP contribution in [0.5, 0.6) is 0 Å². The van der Waals surface area contributed by atoms with E-state index in [1.165, 1.54) is 17.8 Å². The van der Waals surface area contributed by atoms with Gasteiger partial charge in [0.05, 0.1) is 0 Å². The molecular formula is C30H31FIN3. The summed E-state index contributed by atoms with van der Waals surface area (Å²) in [6.45, 7) is 0. The quantitative estimate of drug-likeness (QED) is 0.257. The predicted molar refractivity (Wildman–Crippen MR) is 142 cm³/mol. The van der Waals surface area contributed by atoms with E-state index < -0.39 is 0 Å². The van der Waals surface area contributed by atoms with Gasteiger partial charge in [0.25, 0.3) is 0 Å². The second kappa shape index (κ2) is 11.5. The molecule has 0 atom stereocenters. The molecule has 3 aromatic carbocycles. The lowest BCUT2D eigenvalue weighted by Crippen LogP contribution is -3.00. The highest BCUT2D eigenvalue weighted by molar-refractivity contribution is 5.75. The maximum Gasteiger partial charge on any atom is 0.213 e. The molecule has 4 aromatic rings. The van der Waals surface area contributed by atoms with E-state index in [2.05, 4.69) is 87.2 Å². The summed E-state index contributed by atoms with van der Waals surface area (Å²) in [6, 6.07) is 28.1. The van der Waals surface area contributed by atoms with Crippen molar-refractivity contribution in [2.24, 2.45) is 7.05 Å². The molecular weight excluding hydrogens is 548 g/mol. The number of hydrogen-bond donors (Lipinski definition) is 0. The summed E-state index contributed by atoms with van der Waals surface area (Å²) in [7, 11) is 10.2. The van der Waals surface area contributed by atoms with Gasteiger partial charge in [-0.25, -0.2) is 4.39 Å². The van der Waals surface area contributed by atoms with Gasteiger partial charge < -0.3 is 33.8 Å². The summed E-state index contributed by atoms with van der Waals surface area (Å²) in [5.74, 6) is -0.233. The predicted octanol–water partition coefficient (Wildman–Crippen LogP) is 3.29. The monoisotopic (exact) mass is 579 g/mol. The minimum absolute atomic E-state index is 0. The average Bonchev–Trinajstić information content (AvgIpc) is 2.84. The average molecular weight is 580 g/mol. The van der Waals surface area contributed by atoms with Crippen LogP contribution in [0.2, 0.25) is 0 Å². The van der Waals surface area contributed by atoms with Gasteiger partial charge in [0.1, 0.15) is 12.9 Å². The number of halogens is 2. The number of benzene rings is 3. The first-order valence-corrected chi connectivity index (χ1v) is 11.3. The molecule has 5 heteroatoms. The second-order valence-corrected chi connectivity index (χ2v) is 8.88. The number of rotatable bonds is 6. The van der Waals surface area contributed by atoms with Gasteiger partial charge in [-0.1, -0.05) is 24.3 Å². The summed E-state index contributed by atoms with van der Waals surface area (Å²) in [5.41, 5.74) is 8.77. The van der Waals surface area contributed by atoms with E-state index in [0.717, 1.165) is 39.3 Å². The van der Waals surface area contributed by atoms with Crippen molar-refractivity contribution in [3.8, 4) is 22.4 Å². The van der Waals surface area contributed by atoms with Crippen LogP contribution in [0.15, 0.2) is 84.9 Å². The Morgan fingerprint density at radius 2 is 1.14 bits per heavy atom. The second-order valence-electron chi connectivity index (χ2n) is 8.88. The van der Waals surface area contributed by atoms with Gasteiger partial charge in [0.15, 0.2) is 0 Å². The lowest BCUT2D eigenvalue weighted by atomic mass is 10.0. The van der Waals surface area contributed by atoms with Gasteiger partial charge >= 0.3 is 0 Å². The Labute approximate surface area is 225 Å². The molecule has 0 radical (unpaired) electrons. The third kappa shape index (κ3) is 6.28. The topological polar surface area (TPSA) is 10.4 Å². The smallest absolute Gasteiger partial charge is 0.213 e. The molecule has 0 N–H and O–H groups in total. The molecule has 0 unspecified atom stereocenters. The molecule has 0 bridgehead atoms. The summed E-state index contributed by atoms with van der Waals surface area (Å²) in [6.07, 6.45) is 4.26. The van der Waals surface area contributed by atoms with Crippen LogP contribution in [-0.2, 0) is 7.05 Å². The largest absolute Gasteiger partial charge is 1.00 e. The first kappa shape index (κ1) is 26.4. The van der Waals surface area contributed by atoms with Crippen LogP contribution in [0.25, 0.3) is 34.5 Å². The molecule has 180 valence electrons. The van der Waals surface area contributed by atoms with E-state index in [9.17, 15) is 4.39 Å². The SMILES string of the molecule is CN(C)c1ccc(C=Cc2cc(-c3ccc(N(C)C)cc3)cc(-c3ccc(F)cc3)[n+]2C)cc1.[I-]. The normalized spacial score (nSPS) is 10.8. The van der Waals surface area contributed by atoms with Crippen molar-refractivity contribution < 1.29 is 32.9 Å².